The first-order valence-electron chi connectivity index (χ1n) is 14.8. The number of hydrogen-bond acceptors (Lipinski definition) is 2. The van der Waals surface area contributed by atoms with E-state index in [0.717, 1.165) is 13.2 Å². The van der Waals surface area contributed by atoms with Crippen molar-refractivity contribution in [2.75, 3.05) is 13.2 Å². The second kappa shape index (κ2) is 24.3. The zero-order valence-corrected chi connectivity index (χ0v) is 24.2. The van der Waals surface area contributed by atoms with Crippen LogP contribution in [0.25, 0.3) is 0 Å². The zero-order valence-electron chi connectivity index (χ0n) is 23.2. The van der Waals surface area contributed by atoms with Crippen LogP contribution in [-0.2, 0) is 8.85 Å². The maximum absolute atomic E-state index is 6.08. The van der Waals surface area contributed by atoms with Gasteiger partial charge >= 0.3 is 8.56 Å². The number of hydrogen-bond donors (Lipinski definition) is 0. The minimum atomic E-state index is -1.90. The van der Waals surface area contributed by atoms with E-state index in [1.807, 2.05) is 0 Å². The Morgan fingerprint density at radius 2 is 0.844 bits per heavy atom. The van der Waals surface area contributed by atoms with Gasteiger partial charge in [0.05, 0.1) is 0 Å². The van der Waals surface area contributed by atoms with E-state index in [1.54, 1.807) is 0 Å². The smallest absolute Gasteiger partial charge is 0.331 e. The van der Waals surface area contributed by atoms with Crippen LogP contribution in [0.3, 0.4) is 0 Å². The minimum absolute atomic E-state index is 0.644. The number of rotatable bonds is 26. The molecule has 0 aliphatic carbocycles. The zero-order chi connectivity index (χ0) is 23.8. The highest BCUT2D eigenvalue weighted by Gasteiger charge is 2.24. The highest BCUT2D eigenvalue weighted by atomic mass is 28.4. The molecular weight excluding hydrogens is 408 g/mol. The molecule has 1 unspecified atom stereocenters. The Kier molecular flexibility index (Phi) is 24.4. The normalized spacial score (nSPS) is 13.0. The highest BCUT2D eigenvalue weighted by molar-refractivity contribution is 6.64. The van der Waals surface area contributed by atoms with Gasteiger partial charge in [0.2, 0.25) is 0 Å². The van der Waals surface area contributed by atoms with Crippen molar-refractivity contribution in [1.82, 2.24) is 0 Å². The lowest BCUT2D eigenvalue weighted by Crippen LogP contribution is -2.36. The predicted octanol–water partition coefficient (Wildman–Crippen LogP) is 10.6. The van der Waals surface area contributed by atoms with E-state index < -0.39 is 8.56 Å². The summed E-state index contributed by atoms with van der Waals surface area (Å²) >= 11 is 0. The molecule has 2 nitrogen and oxygen atoms in total. The van der Waals surface area contributed by atoms with Crippen LogP contribution in [0.2, 0.25) is 13.1 Å². The molecule has 0 saturated carbocycles. The third kappa shape index (κ3) is 24.8. The molecule has 0 aromatic rings. The molecule has 1 atom stereocenters. The van der Waals surface area contributed by atoms with Crippen molar-refractivity contribution >= 4 is 8.56 Å². The first-order chi connectivity index (χ1) is 15.5. The fraction of sp³-hybridized carbons (Fsp3) is 1.00. The Bertz CT molecular complexity index is 359. The molecule has 0 saturated heterocycles. The van der Waals surface area contributed by atoms with Crippen molar-refractivity contribution in [3.8, 4) is 0 Å². The summed E-state index contributed by atoms with van der Waals surface area (Å²) < 4.78 is 12.1. The summed E-state index contributed by atoms with van der Waals surface area (Å²) in [6.07, 6.45) is 29.8. The van der Waals surface area contributed by atoms with Crippen LogP contribution in [0.5, 0.6) is 0 Å². The summed E-state index contributed by atoms with van der Waals surface area (Å²) in [6.45, 7) is 12.9. The van der Waals surface area contributed by atoms with E-state index in [4.69, 9.17) is 8.85 Å². The number of unbranched alkanes of at least 4 members (excludes halogenated alkanes) is 19. The van der Waals surface area contributed by atoms with Gasteiger partial charge in [0.25, 0.3) is 0 Å². The van der Waals surface area contributed by atoms with Gasteiger partial charge in [0.1, 0.15) is 0 Å². The van der Waals surface area contributed by atoms with Gasteiger partial charge in [-0.3, -0.25) is 0 Å². The molecular formula is C29H62O2Si. The SMILES string of the molecule is CCCCCCCCCCCCCCCCCCCCCCO[Si](C)(C)OCC(C)CC. The van der Waals surface area contributed by atoms with Crippen molar-refractivity contribution in [1.29, 1.82) is 0 Å². The van der Waals surface area contributed by atoms with Gasteiger partial charge in [-0.15, -0.1) is 0 Å². The fourth-order valence-corrected chi connectivity index (χ4v) is 5.58. The minimum Gasteiger partial charge on any atom is -0.395 e. The molecule has 0 spiro atoms. The average Bonchev–Trinajstić information content (AvgIpc) is 2.78. The monoisotopic (exact) mass is 470 g/mol. The molecule has 3 heteroatoms. The second-order valence-corrected chi connectivity index (χ2v) is 14.2. The Morgan fingerprint density at radius 1 is 0.500 bits per heavy atom. The van der Waals surface area contributed by atoms with Crippen LogP contribution in [0.1, 0.15) is 156 Å². The summed E-state index contributed by atoms with van der Waals surface area (Å²) in [6, 6.07) is 0. The van der Waals surface area contributed by atoms with Gasteiger partial charge in [-0.05, 0) is 25.4 Å². The van der Waals surface area contributed by atoms with Gasteiger partial charge in [-0.2, -0.15) is 0 Å². The molecule has 0 heterocycles. The van der Waals surface area contributed by atoms with E-state index in [-0.39, 0.29) is 0 Å². The molecule has 0 N–H and O–H groups in total. The van der Waals surface area contributed by atoms with Crippen molar-refractivity contribution in [3.63, 3.8) is 0 Å². The third-order valence-corrected chi connectivity index (χ3v) is 8.62. The lowest BCUT2D eigenvalue weighted by Gasteiger charge is -2.24. The predicted molar refractivity (Wildman–Crippen MR) is 147 cm³/mol. The molecule has 194 valence electrons. The highest BCUT2D eigenvalue weighted by Crippen LogP contribution is 2.15. The Hall–Kier alpha value is 0.137. The molecule has 0 aliphatic heterocycles. The van der Waals surface area contributed by atoms with Crippen LogP contribution in [0, 0.1) is 5.92 Å². The molecule has 0 rings (SSSR count). The van der Waals surface area contributed by atoms with Gasteiger partial charge in [0, 0.05) is 13.2 Å². The van der Waals surface area contributed by atoms with Crippen molar-refractivity contribution in [3.05, 3.63) is 0 Å². The Morgan fingerprint density at radius 3 is 1.19 bits per heavy atom. The van der Waals surface area contributed by atoms with Crippen LogP contribution in [-0.4, -0.2) is 21.8 Å². The Labute approximate surface area is 205 Å². The summed E-state index contributed by atoms with van der Waals surface area (Å²) in [5, 5.41) is 0. The molecule has 0 amide bonds. The molecule has 0 bridgehead atoms. The summed E-state index contributed by atoms with van der Waals surface area (Å²) in [5.74, 6) is 0.644. The van der Waals surface area contributed by atoms with Crippen LogP contribution >= 0.6 is 0 Å². The quantitative estimate of drug-likeness (QED) is 0.0924. The standard InChI is InChI=1S/C29H62O2Si/c1-6-8-9-10-11-12-13-14-15-16-17-18-19-20-21-22-23-24-25-26-27-30-32(4,5)31-28-29(3)7-2/h29H,6-28H2,1-5H3. The van der Waals surface area contributed by atoms with Crippen molar-refractivity contribution in [2.45, 2.75) is 169 Å². The van der Waals surface area contributed by atoms with Crippen LogP contribution < -0.4 is 0 Å². The van der Waals surface area contributed by atoms with E-state index >= 15 is 0 Å². The molecule has 0 fully saturated rings. The summed E-state index contributed by atoms with van der Waals surface area (Å²) in [5.41, 5.74) is 0. The van der Waals surface area contributed by atoms with E-state index in [9.17, 15) is 0 Å². The van der Waals surface area contributed by atoms with E-state index in [0.29, 0.717) is 5.92 Å². The lowest BCUT2D eigenvalue weighted by molar-refractivity contribution is 0.154. The molecule has 0 aromatic carbocycles. The van der Waals surface area contributed by atoms with Gasteiger partial charge in [0.15, 0.2) is 0 Å². The molecule has 0 aromatic heterocycles. The maximum Gasteiger partial charge on any atom is 0.331 e. The summed E-state index contributed by atoms with van der Waals surface area (Å²) in [7, 11) is -1.90. The topological polar surface area (TPSA) is 18.5 Å². The Balaban J connectivity index is 3.19. The first kappa shape index (κ1) is 32.1. The van der Waals surface area contributed by atoms with E-state index in [1.165, 1.54) is 135 Å². The third-order valence-electron chi connectivity index (χ3n) is 6.86. The second-order valence-electron chi connectivity index (χ2n) is 10.8. The first-order valence-corrected chi connectivity index (χ1v) is 17.6. The summed E-state index contributed by atoms with van der Waals surface area (Å²) in [4.78, 5) is 0. The van der Waals surface area contributed by atoms with Gasteiger partial charge < -0.3 is 8.85 Å². The fourth-order valence-electron chi connectivity index (χ4n) is 4.18. The molecule has 0 aliphatic rings. The average molecular weight is 471 g/mol. The molecule has 32 heavy (non-hydrogen) atoms. The van der Waals surface area contributed by atoms with Gasteiger partial charge in [-0.25, -0.2) is 0 Å². The van der Waals surface area contributed by atoms with Crippen molar-refractivity contribution < 1.29 is 8.85 Å². The lowest BCUT2D eigenvalue weighted by atomic mass is 10.0. The largest absolute Gasteiger partial charge is 0.395 e. The maximum atomic E-state index is 6.08. The van der Waals surface area contributed by atoms with Crippen molar-refractivity contribution in [2.24, 2.45) is 5.92 Å². The van der Waals surface area contributed by atoms with E-state index in [2.05, 4.69) is 33.9 Å². The van der Waals surface area contributed by atoms with Crippen LogP contribution in [0.15, 0.2) is 0 Å². The van der Waals surface area contributed by atoms with Gasteiger partial charge in [-0.1, -0.05) is 149 Å². The van der Waals surface area contributed by atoms with Crippen LogP contribution in [0.4, 0.5) is 0 Å². The molecule has 0 radical (unpaired) electrons.